The number of halogens is 1. The van der Waals surface area contributed by atoms with Gasteiger partial charge in [0.1, 0.15) is 5.82 Å². The van der Waals surface area contributed by atoms with Crippen molar-refractivity contribution in [3.05, 3.63) is 93.8 Å². The molecule has 1 atom stereocenters. The molecule has 0 saturated carbocycles. The summed E-state index contributed by atoms with van der Waals surface area (Å²) in [5, 5.41) is 3.74. The van der Waals surface area contributed by atoms with Gasteiger partial charge < -0.3 is 5.32 Å². The van der Waals surface area contributed by atoms with E-state index in [2.05, 4.69) is 90.7 Å². The van der Waals surface area contributed by atoms with Crippen LogP contribution in [0.2, 0.25) is 0 Å². The van der Waals surface area contributed by atoms with Crippen molar-refractivity contribution >= 4 is 11.6 Å². The largest absolute Gasteiger partial charge is 0.306 e. The number of nitrogens with one attached hydrogen (secondary N) is 1. The maximum absolute atomic E-state index is 15.8. The average molecular weight is 462 g/mol. The van der Waals surface area contributed by atoms with Crippen molar-refractivity contribution in [2.24, 2.45) is 11.3 Å². The number of rotatable bonds is 9. The van der Waals surface area contributed by atoms with E-state index in [1.54, 1.807) is 6.07 Å². The first kappa shape index (κ1) is 27.8. The molecule has 0 amide bonds. The monoisotopic (exact) mass is 461 g/mol. The summed E-state index contributed by atoms with van der Waals surface area (Å²) in [5.74, 6) is 0.328. The van der Waals surface area contributed by atoms with E-state index in [0.717, 1.165) is 35.2 Å². The predicted molar refractivity (Wildman–Crippen MR) is 148 cm³/mol. The van der Waals surface area contributed by atoms with Gasteiger partial charge in [-0.15, -0.1) is 0 Å². The van der Waals surface area contributed by atoms with Gasteiger partial charge in [-0.1, -0.05) is 89.3 Å². The van der Waals surface area contributed by atoms with Gasteiger partial charge in [0.05, 0.1) is 6.04 Å². The van der Waals surface area contributed by atoms with Crippen LogP contribution < -0.4 is 5.32 Å². The molecule has 0 aromatic heterocycles. The summed E-state index contributed by atoms with van der Waals surface area (Å²) in [6.07, 6.45) is 4.80. The van der Waals surface area contributed by atoms with E-state index in [0.29, 0.717) is 5.92 Å². The van der Waals surface area contributed by atoms with Gasteiger partial charge in [0.15, 0.2) is 0 Å². The lowest BCUT2D eigenvalue weighted by Crippen LogP contribution is -2.32. The Balaban J connectivity index is 2.72. The fraction of sp³-hybridized carbons (Fsp3) is 0.438. The van der Waals surface area contributed by atoms with E-state index in [1.165, 1.54) is 22.3 Å². The van der Waals surface area contributed by atoms with Gasteiger partial charge in [0, 0.05) is 12.1 Å². The summed E-state index contributed by atoms with van der Waals surface area (Å²) in [5.41, 5.74) is 8.60. The zero-order valence-electron chi connectivity index (χ0n) is 22.8. The summed E-state index contributed by atoms with van der Waals surface area (Å²) < 4.78 is 15.8. The van der Waals surface area contributed by atoms with Gasteiger partial charge in [-0.3, -0.25) is 0 Å². The summed E-state index contributed by atoms with van der Waals surface area (Å²) in [6, 6.07) is 12.1. The first-order chi connectivity index (χ1) is 15.8. The van der Waals surface area contributed by atoms with Gasteiger partial charge in [-0.25, -0.2) is 4.39 Å². The van der Waals surface area contributed by atoms with Gasteiger partial charge in [0.2, 0.25) is 0 Å². The molecule has 0 aliphatic carbocycles. The Bertz CT molecular complexity index is 1040. The Morgan fingerprint density at radius 2 is 1.71 bits per heavy atom. The van der Waals surface area contributed by atoms with Crippen LogP contribution in [0.3, 0.4) is 0 Å². The number of benzene rings is 2. The molecule has 0 radical (unpaired) electrons. The lowest BCUT2D eigenvalue weighted by Gasteiger charge is -2.30. The van der Waals surface area contributed by atoms with Crippen LogP contribution in [0.25, 0.3) is 11.6 Å². The lowest BCUT2D eigenvalue weighted by atomic mass is 9.84. The van der Waals surface area contributed by atoms with E-state index in [9.17, 15) is 0 Å². The van der Waals surface area contributed by atoms with Crippen LogP contribution in [-0.4, -0.2) is 6.54 Å². The summed E-state index contributed by atoms with van der Waals surface area (Å²) >= 11 is 0. The molecule has 0 aliphatic rings. The van der Waals surface area contributed by atoms with Gasteiger partial charge >= 0.3 is 0 Å². The summed E-state index contributed by atoms with van der Waals surface area (Å²) in [6.45, 7) is 24.1. The van der Waals surface area contributed by atoms with Crippen LogP contribution in [0.15, 0.2) is 60.2 Å². The van der Waals surface area contributed by atoms with Crippen LogP contribution in [0, 0.1) is 31.0 Å². The van der Waals surface area contributed by atoms with Crippen molar-refractivity contribution in [2.45, 2.75) is 74.8 Å². The SMILES string of the molecule is C=C(C)/C=C/c1cc(C)c(C(NCC(C)(C)C)/C(C)=C(\CC(C)C)c2ccccc2C)c(F)c1. The first-order valence-corrected chi connectivity index (χ1v) is 12.4. The second kappa shape index (κ2) is 11.8. The Morgan fingerprint density at radius 1 is 1.06 bits per heavy atom. The molecule has 1 N–H and O–H groups in total. The maximum Gasteiger partial charge on any atom is 0.129 e. The zero-order valence-corrected chi connectivity index (χ0v) is 22.8. The average Bonchev–Trinajstić information content (AvgIpc) is 2.71. The highest BCUT2D eigenvalue weighted by Gasteiger charge is 2.25. The number of allylic oxidation sites excluding steroid dienone is 3. The molecule has 0 fully saturated rings. The van der Waals surface area contributed by atoms with Crippen molar-refractivity contribution in [3.63, 3.8) is 0 Å². The molecule has 0 spiro atoms. The summed E-state index contributed by atoms with van der Waals surface area (Å²) in [7, 11) is 0. The minimum absolute atomic E-state index is 0.0773. The van der Waals surface area contributed by atoms with E-state index >= 15 is 4.39 Å². The van der Waals surface area contributed by atoms with Gasteiger partial charge in [-0.05, 0) is 84.9 Å². The molecule has 2 aromatic rings. The maximum atomic E-state index is 15.8. The molecule has 0 heterocycles. The molecule has 1 unspecified atom stereocenters. The minimum Gasteiger partial charge on any atom is -0.306 e. The smallest absolute Gasteiger partial charge is 0.129 e. The molecule has 184 valence electrons. The molecule has 2 heteroatoms. The minimum atomic E-state index is -0.202. The quantitative estimate of drug-likeness (QED) is 0.367. The summed E-state index contributed by atoms with van der Waals surface area (Å²) in [4.78, 5) is 0. The normalized spacial score (nSPS) is 14.0. The lowest BCUT2D eigenvalue weighted by molar-refractivity contribution is 0.361. The topological polar surface area (TPSA) is 12.0 Å². The Kier molecular flexibility index (Phi) is 9.64. The van der Waals surface area contributed by atoms with E-state index in [-0.39, 0.29) is 17.3 Å². The van der Waals surface area contributed by atoms with E-state index in [4.69, 9.17) is 0 Å². The molecule has 2 rings (SSSR count). The molecule has 0 bridgehead atoms. The van der Waals surface area contributed by atoms with Crippen LogP contribution in [0.4, 0.5) is 4.39 Å². The third-order valence-electron chi connectivity index (χ3n) is 6.04. The second-order valence-electron chi connectivity index (χ2n) is 11.4. The standard InChI is InChI=1S/C32H44FN/c1-21(2)15-16-26-18-24(6)30(29(33)19-26)31(34-20-32(8,9)10)25(7)28(17-22(3)4)27-14-12-11-13-23(27)5/h11-16,18-19,22,31,34H,1,17,20H2,2-10H3/b16-15+,28-25+. The molecular weight excluding hydrogens is 417 g/mol. The Hall–Kier alpha value is -2.45. The second-order valence-corrected chi connectivity index (χ2v) is 11.4. The molecular formula is C32H44FN. The van der Waals surface area contributed by atoms with Gasteiger partial charge in [-0.2, -0.15) is 0 Å². The number of hydrogen-bond donors (Lipinski definition) is 1. The van der Waals surface area contributed by atoms with E-state index < -0.39 is 0 Å². The van der Waals surface area contributed by atoms with Crippen molar-refractivity contribution in [3.8, 4) is 0 Å². The highest BCUT2D eigenvalue weighted by atomic mass is 19.1. The fourth-order valence-electron chi connectivity index (χ4n) is 4.34. The molecule has 2 aromatic carbocycles. The Labute approximate surface area is 207 Å². The Morgan fingerprint density at radius 3 is 2.24 bits per heavy atom. The predicted octanol–water partition coefficient (Wildman–Crippen LogP) is 9.23. The third kappa shape index (κ3) is 7.81. The molecule has 34 heavy (non-hydrogen) atoms. The van der Waals surface area contributed by atoms with Crippen molar-refractivity contribution in [2.75, 3.05) is 6.54 Å². The van der Waals surface area contributed by atoms with Crippen LogP contribution in [0.5, 0.6) is 0 Å². The molecule has 1 nitrogen and oxygen atoms in total. The third-order valence-corrected chi connectivity index (χ3v) is 6.04. The van der Waals surface area contributed by atoms with Crippen molar-refractivity contribution < 1.29 is 4.39 Å². The van der Waals surface area contributed by atoms with E-state index in [1.807, 2.05) is 26.0 Å². The number of hydrogen-bond acceptors (Lipinski definition) is 1. The number of aryl methyl sites for hydroxylation is 2. The molecule has 0 aliphatic heterocycles. The highest BCUT2D eigenvalue weighted by molar-refractivity contribution is 5.72. The van der Waals surface area contributed by atoms with Crippen LogP contribution in [-0.2, 0) is 0 Å². The van der Waals surface area contributed by atoms with Crippen molar-refractivity contribution in [1.82, 2.24) is 5.32 Å². The first-order valence-electron chi connectivity index (χ1n) is 12.4. The van der Waals surface area contributed by atoms with Crippen molar-refractivity contribution in [1.29, 1.82) is 0 Å². The highest BCUT2D eigenvalue weighted by Crippen LogP contribution is 2.37. The van der Waals surface area contributed by atoms with Crippen LogP contribution in [0.1, 0.15) is 88.7 Å². The van der Waals surface area contributed by atoms with Gasteiger partial charge in [0.25, 0.3) is 0 Å². The molecule has 0 saturated heterocycles. The zero-order chi connectivity index (χ0) is 25.6. The fourth-order valence-corrected chi connectivity index (χ4v) is 4.34. The van der Waals surface area contributed by atoms with Crippen LogP contribution >= 0.6 is 0 Å².